The van der Waals surface area contributed by atoms with Crippen molar-refractivity contribution in [2.45, 2.75) is 51.5 Å². The number of nitro groups is 1. The number of benzene rings is 1. The molecule has 0 aliphatic carbocycles. The van der Waals surface area contributed by atoms with Gasteiger partial charge in [0.25, 0.3) is 11.6 Å². The second-order valence-electron chi connectivity index (χ2n) is 8.97. The van der Waals surface area contributed by atoms with Crippen molar-refractivity contribution in [1.29, 1.82) is 0 Å². The molecule has 0 fully saturated rings. The molecule has 12 nitrogen and oxygen atoms in total. The number of aromatic nitrogens is 2. The van der Waals surface area contributed by atoms with Gasteiger partial charge in [-0.3, -0.25) is 14.9 Å². The molecule has 1 aromatic carbocycles. The van der Waals surface area contributed by atoms with Gasteiger partial charge in [-0.05, 0) is 40.2 Å². The van der Waals surface area contributed by atoms with Crippen LogP contribution in [0.1, 0.15) is 50.2 Å². The third-order valence-electron chi connectivity index (χ3n) is 5.04. The standard InChI is InChI=1S/C22H33N5O7S/c1-8-12-25(6)20(28)19-15(2)21(26(24-19)22(3,4)5)34-17-10-9-16(27(29)30)14-18(17)35(31,32)23-11-13-33-7/h9-10,14,23H,8,11-13H2,1-7H3. The maximum Gasteiger partial charge on any atom is 0.274 e. The van der Waals surface area contributed by atoms with E-state index in [0.29, 0.717) is 12.1 Å². The molecule has 0 saturated carbocycles. The van der Waals surface area contributed by atoms with E-state index < -0.39 is 31.1 Å². The molecule has 0 aliphatic rings. The number of ether oxygens (including phenoxy) is 2. The molecule has 1 N–H and O–H groups in total. The summed E-state index contributed by atoms with van der Waals surface area (Å²) in [5.41, 5.74) is -0.446. The zero-order valence-corrected chi connectivity index (χ0v) is 21.9. The van der Waals surface area contributed by atoms with E-state index in [4.69, 9.17) is 9.47 Å². The van der Waals surface area contributed by atoms with Gasteiger partial charge in [0, 0.05) is 44.9 Å². The monoisotopic (exact) mass is 511 g/mol. The Hall–Kier alpha value is -3.03. The van der Waals surface area contributed by atoms with E-state index in [-0.39, 0.29) is 36.4 Å². The number of carbonyl (C=O) groups excluding carboxylic acids is 1. The van der Waals surface area contributed by atoms with Crippen LogP contribution in [0.2, 0.25) is 0 Å². The predicted molar refractivity (Wildman–Crippen MR) is 129 cm³/mol. The van der Waals surface area contributed by atoms with Gasteiger partial charge < -0.3 is 14.4 Å². The number of nitrogens with zero attached hydrogens (tertiary/aromatic N) is 4. The fourth-order valence-corrected chi connectivity index (χ4v) is 4.40. The molecule has 35 heavy (non-hydrogen) atoms. The molecule has 0 saturated heterocycles. The summed E-state index contributed by atoms with van der Waals surface area (Å²) < 4.78 is 40.7. The topological polar surface area (TPSA) is 146 Å². The van der Waals surface area contributed by atoms with Crippen molar-refractivity contribution in [3.63, 3.8) is 0 Å². The first-order valence-corrected chi connectivity index (χ1v) is 12.5. The minimum absolute atomic E-state index is 0.0394. The average molecular weight is 512 g/mol. The highest BCUT2D eigenvalue weighted by molar-refractivity contribution is 7.89. The maximum absolute atomic E-state index is 13.0. The summed E-state index contributed by atoms with van der Waals surface area (Å²) in [5, 5.41) is 15.8. The SMILES string of the molecule is CCCN(C)C(=O)c1nn(C(C)(C)C)c(Oc2ccc([N+](=O)[O-])cc2S(=O)(=O)NCCOC)c1C. The van der Waals surface area contributed by atoms with Crippen molar-refractivity contribution in [1.82, 2.24) is 19.4 Å². The van der Waals surface area contributed by atoms with Crippen molar-refractivity contribution in [3.8, 4) is 11.6 Å². The van der Waals surface area contributed by atoms with Crippen molar-refractivity contribution < 1.29 is 27.6 Å². The van der Waals surface area contributed by atoms with E-state index in [1.165, 1.54) is 17.9 Å². The number of non-ortho nitro benzene ring substituents is 1. The van der Waals surface area contributed by atoms with Crippen LogP contribution in [0, 0.1) is 17.0 Å². The van der Waals surface area contributed by atoms with Gasteiger partial charge in [-0.15, -0.1) is 0 Å². The zero-order chi connectivity index (χ0) is 26.6. The van der Waals surface area contributed by atoms with E-state index >= 15 is 0 Å². The Bertz CT molecular complexity index is 1190. The van der Waals surface area contributed by atoms with Crippen LogP contribution in [0.15, 0.2) is 23.1 Å². The molecule has 2 rings (SSSR count). The Morgan fingerprint density at radius 1 is 1.31 bits per heavy atom. The predicted octanol–water partition coefficient (Wildman–Crippen LogP) is 3.05. The van der Waals surface area contributed by atoms with Gasteiger partial charge in [0.15, 0.2) is 5.69 Å². The average Bonchev–Trinajstić information content (AvgIpc) is 3.10. The summed E-state index contributed by atoms with van der Waals surface area (Å²) in [6.45, 7) is 9.79. The van der Waals surface area contributed by atoms with Gasteiger partial charge in [-0.1, -0.05) is 6.92 Å². The van der Waals surface area contributed by atoms with Crippen LogP contribution in [-0.2, 0) is 20.3 Å². The molecular weight excluding hydrogens is 478 g/mol. The zero-order valence-electron chi connectivity index (χ0n) is 21.1. The Labute approximate surface area is 205 Å². The lowest BCUT2D eigenvalue weighted by atomic mass is 10.1. The van der Waals surface area contributed by atoms with Crippen LogP contribution < -0.4 is 9.46 Å². The Morgan fingerprint density at radius 2 is 1.97 bits per heavy atom. The lowest BCUT2D eigenvalue weighted by molar-refractivity contribution is -0.385. The van der Waals surface area contributed by atoms with E-state index in [9.17, 15) is 23.3 Å². The number of nitro benzene ring substituents is 1. The van der Waals surface area contributed by atoms with Gasteiger partial charge in [-0.25, -0.2) is 17.8 Å². The van der Waals surface area contributed by atoms with E-state index in [2.05, 4.69) is 9.82 Å². The quantitative estimate of drug-likeness (QED) is 0.275. The Morgan fingerprint density at radius 3 is 2.51 bits per heavy atom. The number of rotatable bonds is 11. The number of carbonyl (C=O) groups is 1. The lowest BCUT2D eigenvalue weighted by Gasteiger charge is -2.23. The molecule has 1 amide bonds. The third-order valence-corrected chi connectivity index (χ3v) is 6.53. The first-order chi connectivity index (χ1) is 16.2. The summed E-state index contributed by atoms with van der Waals surface area (Å²) >= 11 is 0. The Kier molecular flexibility index (Phi) is 8.98. The number of methoxy groups -OCH3 is 1. The highest BCUT2D eigenvalue weighted by Gasteiger charge is 2.31. The highest BCUT2D eigenvalue weighted by atomic mass is 32.2. The Balaban J connectivity index is 2.65. The van der Waals surface area contributed by atoms with Gasteiger partial charge in [-0.2, -0.15) is 5.10 Å². The fourth-order valence-electron chi connectivity index (χ4n) is 3.24. The van der Waals surface area contributed by atoms with Gasteiger partial charge in [0.05, 0.1) is 17.1 Å². The second kappa shape index (κ2) is 11.1. The highest BCUT2D eigenvalue weighted by Crippen LogP contribution is 2.36. The molecule has 1 aromatic heterocycles. The fraction of sp³-hybridized carbons (Fsp3) is 0.545. The van der Waals surface area contributed by atoms with E-state index in [0.717, 1.165) is 18.6 Å². The maximum atomic E-state index is 13.0. The van der Waals surface area contributed by atoms with Crippen molar-refractivity contribution in [2.24, 2.45) is 0 Å². The molecule has 0 atom stereocenters. The molecule has 0 unspecified atom stereocenters. The summed E-state index contributed by atoms with van der Waals surface area (Å²) in [7, 11) is -1.10. The smallest absolute Gasteiger partial charge is 0.274 e. The molecular formula is C22H33N5O7S. The number of hydrogen-bond acceptors (Lipinski definition) is 8. The summed E-state index contributed by atoms with van der Waals surface area (Å²) in [6.07, 6.45) is 0.769. The molecule has 0 spiro atoms. The molecule has 0 radical (unpaired) electrons. The molecule has 194 valence electrons. The van der Waals surface area contributed by atoms with Crippen LogP contribution in [-0.4, -0.2) is 67.8 Å². The van der Waals surface area contributed by atoms with Crippen LogP contribution in [0.4, 0.5) is 5.69 Å². The molecule has 2 aromatic rings. The van der Waals surface area contributed by atoms with Crippen LogP contribution >= 0.6 is 0 Å². The van der Waals surface area contributed by atoms with Gasteiger partial charge in [0.2, 0.25) is 15.9 Å². The summed E-state index contributed by atoms with van der Waals surface area (Å²) in [4.78, 5) is 24.8. The summed E-state index contributed by atoms with van der Waals surface area (Å²) in [5.74, 6) is -0.280. The number of hydrogen-bond donors (Lipinski definition) is 1. The first kappa shape index (κ1) is 28.2. The van der Waals surface area contributed by atoms with E-state index in [1.54, 1.807) is 18.9 Å². The van der Waals surface area contributed by atoms with Gasteiger partial charge in [0.1, 0.15) is 10.6 Å². The minimum Gasteiger partial charge on any atom is -0.438 e. The van der Waals surface area contributed by atoms with Crippen molar-refractivity contribution in [3.05, 3.63) is 39.6 Å². The molecule has 0 aliphatic heterocycles. The largest absolute Gasteiger partial charge is 0.438 e. The third kappa shape index (κ3) is 6.55. The van der Waals surface area contributed by atoms with Crippen LogP contribution in [0.25, 0.3) is 0 Å². The van der Waals surface area contributed by atoms with E-state index in [1.807, 2.05) is 27.7 Å². The second-order valence-corrected chi connectivity index (χ2v) is 10.7. The van der Waals surface area contributed by atoms with Crippen LogP contribution in [0.3, 0.4) is 0 Å². The number of nitrogens with one attached hydrogen (secondary N) is 1. The van der Waals surface area contributed by atoms with Crippen molar-refractivity contribution >= 4 is 21.6 Å². The molecule has 13 heteroatoms. The first-order valence-electron chi connectivity index (χ1n) is 11.0. The normalized spacial score (nSPS) is 12.0. The molecule has 0 bridgehead atoms. The number of amides is 1. The van der Waals surface area contributed by atoms with Crippen molar-refractivity contribution in [2.75, 3.05) is 33.9 Å². The van der Waals surface area contributed by atoms with Gasteiger partial charge >= 0.3 is 0 Å². The molecule has 1 heterocycles. The summed E-state index contributed by atoms with van der Waals surface area (Å²) in [6, 6.07) is 3.30. The number of sulfonamides is 1. The van der Waals surface area contributed by atoms with Crippen LogP contribution in [0.5, 0.6) is 11.6 Å². The lowest BCUT2D eigenvalue weighted by Crippen LogP contribution is -2.29. The minimum atomic E-state index is -4.20.